The first kappa shape index (κ1) is 19.1. The second-order valence-corrected chi connectivity index (χ2v) is 5.98. The van der Waals surface area contributed by atoms with Gasteiger partial charge < -0.3 is 9.84 Å². The van der Waals surface area contributed by atoms with Gasteiger partial charge in [-0.3, -0.25) is 19.1 Å². The summed E-state index contributed by atoms with van der Waals surface area (Å²) >= 11 is 5.15. The van der Waals surface area contributed by atoms with Gasteiger partial charge in [0.05, 0.1) is 19.0 Å². The molecule has 8 nitrogen and oxygen atoms in total. The van der Waals surface area contributed by atoms with E-state index in [0.717, 1.165) is 6.21 Å². The molecule has 0 fully saturated rings. The van der Waals surface area contributed by atoms with Crippen LogP contribution in [0.25, 0.3) is 5.69 Å². The number of nitrogens with one attached hydrogen (secondary N) is 2. The molecule has 9 heteroatoms. The van der Waals surface area contributed by atoms with Crippen molar-refractivity contribution in [1.82, 2.24) is 15.0 Å². The van der Waals surface area contributed by atoms with Crippen LogP contribution in [-0.4, -0.2) is 33.9 Å². The maximum atomic E-state index is 12.2. The standard InChI is InChI=1S/C19H16N4O4S/c1-27-14-9-7-13(8-10-14)23-18(26)15(17(25)21-19(23)28)11-20-22-16(24)12-5-3-2-4-6-12/h2-11,26H,1H3,(H,22,24)(H,21,25,28)/b20-11+. The van der Waals surface area contributed by atoms with Gasteiger partial charge in [-0.15, -0.1) is 0 Å². The maximum absolute atomic E-state index is 12.2. The highest BCUT2D eigenvalue weighted by Crippen LogP contribution is 2.21. The van der Waals surface area contributed by atoms with E-state index in [0.29, 0.717) is 17.0 Å². The molecule has 1 amide bonds. The predicted molar refractivity (Wildman–Crippen MR) is 107 cm³/mol. The first-order chi connectivity index (χ1) is 13.5. The highest BCUT2D eigenvalue weighted by Gasteiger charge is 2.13. The van der Waals surface area contributed by atoms with Crippen LogP contribution in [-0.2, 0) is 0 Å². The molecular weight excluding hydrogens is 380 g/mol. The van der Waals surface area contributed by atoms with Crippen molar-refractivity contribution in [2.24, 2.45) is 5.10 Å². The van der Waals surface area contributed by atoms with Crippen molar-refractivity contribution in [3.05, 3.63) is 80.8 Å². The average molecular weight is 396 g/mol. The van der Waals surface area contributed by atoms with Crippen LogP contribution in [0.15, 0.2) is 64.5 Å². The molecule has 0 radical (unpaired) electrons. The number of methoxy groups -OCH3 is 1. The molecule has 0 aliphatic rings. The lowest BCUT2D eigenvalue weighted by Gasteiger charge is -2.11. The van der Waals surface area contributed by atoms with E-state index in [4.69, 9.17) is 17.0 Å². The van der Waals surface area contributed by atoms with Crippen LogP contribution in [0.4, 0.5) is 0 Å². The highest BCUT2D eigenvalue weighted by molar-refractivity contribution is 7.71. The van der Waals surface area contributed by atoms with E-state index in [9.17, 15) is 14.7 Å². The van der Waals surface area contributed by atoms with Crippen LogP contribution < -0.4 is 15.7 Å². The van der Waals surface area contributed by atoms with Crippen molar-refractivity contribution >= 4 is 24.3 Å². The number of benzene rings is 2. The van der Waals surface area contributed by atoms with Gasteiger partial charge in [0.1, 0.15) is 11.3 Å². The highest BCUT2D eigenvalue weighted by atomic mass is 32.1. The van der Waals surface area contributed by atoms with Gasteiger partial charge in [-0.25, -0.2) is 5.43 Å². The van der Waals surface area contributed by atoms with E-state index < -0.39 is 17.3 Å². The summed E-state index contributed by atoms with van der Waals surface area (Å²) in [6, 6.07) is 15.2. The van der Waals surface area contributed by atoms with Crippen molar-refractivity contribution in [2.45, 2.75) is 0 Å². The largest absolute Gasteiger partial charge is 0.497 e. The van der Waals surface area contributed by atoms with Gasteiger partial charge in [0.15, 0.2) is 4.77 Å². The molecule has 0 saturated carbocycles. The predicted octanol–water partition coefficient (Wildman–Crippen LogP) is 2.37. The van der Waals surface area contributed by atoms with E-state index in [-0.39, 0.29) is 10.3 Å². The van der Waals surface area contributed by atoms with Crippen molar-refractivity contribution < 1.29 is 14.6 Å². The number of rotatable bonds is 5. The third-order valence-corrected chi connectivity index (χ3v) is 4.13. The quantitative estimate of drug-likeness (QED) is 0.349. The van der Waals surface area contributed by atoms with Gasteiger partial charge in [0, 0.05) is 5.56 Å². The lowest BCUT2D eigenvalue weighted by Crippen LogP contribution is -2.21. The summed E-state index contributed by atoms with van der Waals surface area (Å²) in [5.41, 5.74) is 2.44. The summed E-state index contributed by atoms with van der Waals surface area (Å²) in [4.78, 5) is 26.6. The zero-order valence-corrected chi connectivity index (χ0v) is 15.6. The molecule has 0 atom stereocenters. The molecule has 28 heavy (non-hydrogen) atoms. The molecule has 1 heterocycles. The summed E-state index contributed by atoms with van der Waals surface area (Å²) in [6.45, 7) is 0. The number of ether oxygens (including phenoxy) is 1. The Balaban J connectivity index is 1.92. The number of amides is 1. The number of hydrazone groups is 1. The van der Waals surface area contributed by atoms with E-state index in [1.807, 2.05) is 0 Å². The number of hydrogen-bond donors (Lipinski definition) is 3. The minimum absolute atomic E-state index is 0.0122. The SMILES string of the molecule is COc1ccc(-n2c(O)c(/C=N/NC(=O)c3ccccc3)c(=O)[nH]c2=S)cc1. The number of aromatic hydroxyl groups is 1. The zero-order valence-electron chi connectivity index (χ0n) is 14.7. The number of nitrogens with zero attached hydrogens (tertiary/aromatic N) is 2. The summed E-state index contributed by atoms with van der Waals surface area (Å²) < 4.78 is 6.39. The molecule has 1 aromatic heterocycles. The van der Waals surface area contributed by atoms with Crippen LogP contribution in [0.1, 0.15) is 15.9 Å². The molecule has 0 saturated heterocycles. The summed E-state index contributed by atoms with van der Waals surface area (Å²) in [6.07, 6.45) is 1.06. The first-order valence-electron chi connectivity index (χ1n) is 8.12. The Labute approximate surface area is 164 Å². The Hall–Kier alpha value is -3.72. The molecule has 0 unspecified atom stereocenters. The molecule has 2 aromatic carbocycles. The van der Waals surface area contributed by atoms with Gasteiger partial charge in [0.25, 0.3) is 11.5 Å². The Morgan fingerprint density at radius 3 is 2.54 bits per heavy atom. The van der Waals surface area contributed by atoms with Crippen LogP contribution in [0.2, 0.25) is 0 Å². The van der Waals surface area contributed by atoms with E-state index >= 15 is 0 Å². The molecule has 0 aliphatic carbocycles. The number of carbonyl (C=O) groups excluding carboxylic acids is 1. The van der Waals surface area contributed by atoms with Crippen LogP contribution >= 0.6 is 12.2 Å². The molecule has 3 rings (SSSR count). The van der Waals surface area contributed by atoms with Gasteiger partial charge in [-0.2, -0.15) is 5.10 Å². The van der Waals surface area contributed by atoms with Gasteiger partial charge in [-0.05, 0) is 48.6 Å². The monoisotopic (exact) mass is 396 g/mol. The third kappa shape index (κ3) is 3.99. The van der Waals surface area contributed by atoms with E-state index in [1.54, 1.807) is 54.6 Å². The lowest BCUT2D eigenvalue weighted by atomic mass is 10.2. The summed E-state index contributed by atoms with van der Waals surface area (Å²) in [5.74, 6) is -0.225. The van der Waals surface area contributed by atoms with Gasteiger partial charge in [0.2, 0.25) is 5.88 Å². The summed E-state index contributed by atoms with van der Waals surface area (Å²) in [7, 11) is 1.54. The zero-order chi connectivity index (χ0) is 20.1. The molecule has 3 aromatic rings. The topological polar surface area (TPSA) is 109 Å². The number of aromatic nitrogens is 2. The Morgan fingerprint density at radius 2 is 1.89 bits per heavy atom. The molecule has 0 spiro atoms. The second kappa shape index (κ2) is 8.31. The smallest absolute Gasteiger partial charge is 0.271 e. The van der Waals surface area contributed by atoms with Crippen LogP contribution in [0.5, 0.6) is 11.6 Å². The first-order valence-corrected chi connectivity index (χ1v) is 8.53. The molecule has 0 aliphatic heterocycles. The van der Waals surface area contributed by atoms with E-state index in [1.165, 1.54) is 11.7 Å². The van der Waals surface area contributed by atoms with Crippen molar-refractivity contribution in [2.75, 3.05) is 7.11 Å². The average Bonchev–Trinajstić information content (AvgIpc) is 2.71. The molecule has 0 bridgehead atoms. The van der Waals surface area contributed by atoms with Crippen LogP contribution in [0, 0.1) is 4.77 Å². The minimum Gasteiger partial charge on any atom is -0.497 e. The third-order valence-electron chi connectivity index (χ3n) is 3.85. The Kier molecular flexibility index (Phi) is 5.66. The molecule has 142 valence electrons. The number of H-pyrrole nitrogens is 1. The number of carbonyl (C=O) groups is 1. The van der Waals surface area contributed by atoms with Crippen molar-refractivity contribution in [1.29, 1.82) is 0 Å². The van der Waals surface area contributed by atoms with Gasteiger partial charge in [-0.1, -0.05) is 18.2 Å². The Bertz CT molecular complexity index is 1140. The summed E-state index contributed by atoms with van der Waals surface area (Å²) in [5, 5.41) is 14.3. The number of hydrogen-bond acceptors (Lipinski definition) is 6. The normalized spacial score (nSPS) is 10.8. The van der Waals surface area contributed by atoms with Crippen LogP contribution in [0.3, 0.4) is 0 Å². The lowest BCUT2D eigenvalue weighted by molar-refractivity contribution is 0.0955. The minimum atomic E-state index is -0.634. The van der Waals surface area contributed by atoms with Crippen molar-refractivity contribution in [3.63, 3.8) is 0 Å². The fourth-order valence-electron chi connectivity index (χ4n) is 2.44. The molecular formula is C19H16N4O4S. The van der Waals surface area contributed by atoms with Gasteiger partial charge >= 0.3 is 0 Å². The fraction of sp³-hybridized carbons (Fsp3) is 0.0526. The number of aromatic amines is 1. The Morgan fingerprint density at radius 1 is 1.21 bits per heavy atom. The second-order valence-electron chi connectivity index (χ2n) is 5.60. The molecule has 3 N–H and O–H groups in total. The van der Waals surface area contributed by atoms with Crippen molar-refractivity contribution in [3.8, 4) is 17.3 Å². The maximum Gasteiger partial charge on any atom is 0.271 e. The van der Waals surface area contributed by atoms with E-state index in [2.05, 4.69) is 15.5 Å². The fourth-order valence-corrected chi connectivity index (χ4v) is 2.72.